The number of hydrogen-bond acceptors (Lipinski definition) is 3. The lowest BCUT2D eigenvalue weighted by atomic mass is 10.0. The molecule has 0 fully saturated rings. The molecule has 0 atom stereocenters. The highest BCUT2D eigenvalue weighted by atomic mass is 32.2. The molecule has 0 amide bonds. The molecule has 0 bridgehead atoms. The predicted octanol–water partition coefficient (Wildman–Crippen LogP) is 3.65. The van der Waals surface area contributed by atoms with Crippen LogP contribution in [-0.2, 0) is 0 Å². The molecule has 0 spiro atoms. The molecular formula is C11H16N2S. The van der Waals surface area contributed by atoms with Gasteiger partial charge in [-0.1, -0.05) is 38.7 Å². The van der Waals surface area contributed by atoms with Crippen molar-refractivity contribution in [1.29, 1.82) is 0 Å². The van der Waals surface area contributed by atoms with Crippen molar-refractivity contribution < 1.29 is 0 Å². The molecule has 0 aromatic rings. The Kier molecular flexibility index (Phi) is 7.84. The van der Waals surface area contributed by atoms with E-state index in [1.165, 1.54) is 5.57 Å². The zero-order valence-electron chi connectivity index (χ0n) is 8.68. The molecular weight excluding hydrogens is 192 g/mol. The molecule has 0 rings (SSSR count). The van der Waals surface area contributed by atoms with Crippen LogP contribution in [0.5, 0.6) is 0 Å². The van der Waals surface area contributed by atoms with Crippen LogP contribution in [0.15, 0.2) is 45.3 Å². The monoisotopic (exact) mass is 208 g/mol. The molecule has 3 heteroatoms. The molecule has 0 radical (unpaired) electrons. The quantitative estimate of drug-likeness (QED) is 0.371. The molecule has 2 nitrogen and oxygen atoms in total. The summed E-state index contributed by atoms with van der Waals surface area (Å²) < 4.78 is 7.43. The maximum absolute atomic E-state index is 3.90. The van der Waals surface area contributed by atoms with E-state index >= 15 is 0 Å². The third kappa shape index (κ3) is 6.43. The van der Waals surface area contributed by atoms with Gasteiger partial charge >= 0.3 is 0 Å². The Bertz CT molecular complexity index is 262. The molecule has 0 aliphatic carbocycles. The van der Waals surface area contributed by atoms with Gasteiger partial charge in [0.15, 0.2) is 0 Å². The smallest absolute Gasteiger partial charge is 0.114 e. The Labute approximate surface area is 90.5 Å². The second-order valence-corrected chi connectivity index (χ2v) is 3.51. The van der Waals surface area contributed by atoms with Gasteiger partial charge in [0.1, 0.15) is 12.1 Å². The Balaban J connectivity index is 4.23. The van der Waals surface area contributed by atoms with E-state index in [0.717, 1.165) is 12.1 Å². The molecule has 0 unspecified atom stereocenters. The zero-order chi connectivity index (χ0) is 10.8. The summed E-state index contributed by atoms with van der Waals surface area (Å²) in [5, 5.41) is 0. The zero-order valence-corrected chi connectivity index (χ0v) is 9.50. The van der Waals surface area contributed by atoms with E-state index in [-0.39, 0.29) is 0 Å². The number of rotatable bonds is 6. The Morgan fingerprint density at radius 2 is 2.14 bits per heavy atom. The SMILES string of the molecule is C=C\C=C(/C=C\C=N/SN=C)C(C)C. The third-order valence-corrected chi connectivity index (χ3v) is 1.85. The highest BCUT2D eigenvalue weighted by Crippen LogP contribution is 2.10. The lowest BCUT2D eigenvalue weighted by Crippen LogP contribution is -1.89. The average molecular weight is 208 g/mol. The summed E-state index contributed by atoms with van der Waals surface area (Å²) in [5.74, 6) is 0.489. The van der Waals surface area contributed by atoms with Gasteiger partial charge in [-0.2, -0.15) is 0 Å². The fourth-order valence-electron chi connectivity index (χ4n) is 0.826. The van der Waals surface area contributed by atoms with Crippen LogP contribution in [0, 0.1) is 5.92 Å². The van der Waals surface area contributed by atoms with E-state index in [1.807, 2.05) is 18.2 Å². The second-order valence-electron chi connectivity index (χ2n) is 2.88. The molecule has 76 valence electrons. The lowest BCUT2D eigenvalue weighted by molar-refractivity contribution is 0.792. The second kappa shape index (κ2) is 8.51. The average Bonchev–Trinajstić information content (AvgIpc) is 2.15. The van der Waals surface area contributed by atoms with Gasteiger partial charge < -0.3 is 0 Å². The van der Waals surface area contributed by atoms with Crippen LogP contribution in [0.4, 0.5) is 0 Å². The first-order valence-electron chi connectivity index (χ1n) is 4.37. The van der Waals surface area contributed by atoms with Gasteiger partial charge in [0.25, 0.3) is 0 Å². The van der Waals surface area contributed by atoms with Crippen LogP contribution in [0.25, 0.3) is 0 Å². The minimum atomic E-state index is 0.489. The number of allylic oxidation sites excluding steroid dienone is 5. The summed E-state index contributed by atoms with van der Waals surface area (Å²) in [6.45, 7) is 11.2. The van der Waals surface area contributed by atoms with Gasteiger partial charge in [-0.15, -0.1) is 0 Å². The van der Waals surface area contributed by atoms with Crippen molar-refractivity contribution in [1.82, 2.24) is 0 Å². The lowest BCUT2D eigenvalue weighted by Gasteiger charge is -2.03. The van der Waals surface area contributed by atoms with Crippen molar-refractivity contribution >= 4 is 25.1 Å². The third-order valence-electron chi connectivity index (χ3n) is 1.52. The van der Waals surface area contributed by atoms with E-state index in [4.69, 9.17) is 0 Å². The molecule has 14 heavy (non-hydrogen) atoms. The molecule has 0 saturated heterocycles. The Morgan fingerprint density at radius 3 is 2.64 bits per heavy atom. The first kappa shape index (κ1) is 12.9. The van der Waals surface area contributed by atoms with E-state index in [0.29, 0.717) is 5.92 Å². The Hall–Kier alpha value is -1.09. The van der Waals surface area contributed by atoms with Crippen LogP contribution in [0.1, 0.15) is 13.8 Å². The van der Waals surface area contributed by atoms with Gasteiger partial charge in [0.05, 0.1) is 0 Å². The normalized spacial score (nSPS) is 12.9. The fraction of sp³-hybridized carbons (Fsp3) is 0.273. The van der Waals surface area contributed by atoms with E-state index < -0.39 is 0 Å². The standard InChI is InChI=1S/C11H16N2S/c1-5-7-11(10(2)3)8-6-9-13-14-12-4/h5-10H,1,4H2,2-3H3/b8-6-,11-7+,13-9-. The van der Waals surface area contributed by atoms with Crippen LogP contribution < -0.4 is 0 Å². The molecule has 0 saturated carbocycles. The van der Waals surface area contributed by atoms with Crippen molar-refractivity contribution in [2.75, 3.05) is 0 Å². The fourth-order valence-corrected chi connectivity index (χ4v) is 1.02. The minimum absolute atomic E-state index is 0.489. The van der Waals surface area contributed by atoms with Crippen molar-refractivity contribution in [3.8, 4) is 0 Å². The summed E-state index contributed by atoms with van der Waals surface area (Å²) in [6.07, 6.45) is 9.37. The Morgan fingerprint density at radius 1 is 1.43 bits per heavy atom. The topological polar surface area (TPSA) is 24.7 Å². The maximum Gasteiger partial charge on any atom is 0.114 e. The van der Waals surface area contributed by atoms with E-state index in [9.17, 15) is 0 Å². The maximum atomic E-state index is 3.90. The van der Waals surface area contributed by atoms with Crippen LogP contribution in [-0.4, -0.2) is 12.9 Å². The number of nitrogens with zero attached hydrogens (tertiary/aromatic N) is 2. The van der Waals surface area contributed by atoms with Crippen molar-refractivity contribution in [3.05, 3.63) is 36.5 Å². The summed E-state index contributed by atoms with van der Waals surface area (Å²) >= 11 is 1.07. The first-order chi connectivity index (χ1) is 6.72. The van der Waals surface area contributed by atoms with Gasteiger partial charge in [0, 0.05) is 12.9 Å². The van der Waals surface area contributed by atoms with Crippen LogP contribution >= 0.6 is 12.1 Å². The number of hydrogen-bond donors (Lipinski definition) is 0. The summed E-state index contributed by atoms with van der Waals surface area (Å²) in [5.41, 5.74) is 1.23. The molecule has 0 heterocycles. The molecule has 0 aromatic carbocycles. The molecule has 0 N–H and O–H groups in total. The molecule has 0 aromatic heterocycles. The highest BCUT2D eigenvalue weighted by Gasteiger charge is 1.95. The van der Waals surface area contributed by atoms with Crippen LogP contribution in [0.2, 0.25) is 0 Å². The summed E-state index contributed by atoms with van der Waals surface area (Å²) in [6, 6.07) is 0. The van der Waals surface area contributed by atoms with E-state index in [1.54, 1.807) is 12.3 Å². The predicted molar refractivity (Wildman–Crippen MR) is 67.9 cm³/mol. The molecule has 0 aliphatic rings. The van der Waals surface area contributed by atoms with Crippen LogP contribution in [0.3, 0.4) is 0 Å². The van der Waals surface area contributed by atoms with Gasteiger partial charge in [0.2, 0.25) is 0 Å². The van der Waals surface area contributed by atoms with Gasteiger partial charge in [-0.3, -0.25) is 0 Å². The largest absolute Gasteiger partial charge is 0.210 e. The first-order valence-corrected chi connectivity index (χ1v) is 5.10. The summed E-state index contributed by atoms with van der Waals surface area (Å²) in [4.78, 5) is 0. The van der Waals surface area contributed by atoms with Crippen molar-refractivity contribution in [3.63, 3.8) is 0 Å². The highest BCUT2D eigenvalue weighted by molar-refractivity contribution is 7.96. The minimum Gasteiger partial charge on any atom is -0.210 e. The van der Waals surface area contributed by atoms with Crippen molar-refractivity contribution in [2.24, 2.45) is 14.7 Å². The van der Waals surface area contributed by atoms with Gasteiger partial charge in [-0.25, -0.2) is 8.80 Å². The van der Waals surface area contributed by atoms with E-state index in [2.05, 4.69) is 35.9 Å². The molecule has 0 aliphatic heterocycles. The van der Waals surface area contributed by atoms with Crippen molar-refractivity contribution in [2.45, 2.75) is 13.8 Å². The van der Waals surface area contributed by atoms with Gasteiger partial charge in [-0.05, 0) is 17.6 Å². The summed E-state index contributed by atoms with van der Waals surface area (Å²) in [7, 11) is 0.